The molecule has 0 aromatic heterocycles. The molecule has 0 aromatic carbocycles. The van der Waals surface area contributed by atoms with Crippen molar-refractivity contribution in [2.24, 2.45) is 5.92 Å². The molecular weight excluding hydrogens is 266 g/mol. The molecule has 0 spiro atoms. The van der Waals surface area contributed by atoms with Crippen molar-refractivity contribution in [3.8, 4) is 0 Å². The average Bonchev–Trinajstić information content (AvgIpc) is 2.53. The van der Waals surface area contributed by atoms with E-state index in [9.17, 15) is 4.79 Å². The minimum Gasteiger partial charge on any atom is -0.379 e. The highest BCUT2D eigenvalue weighted by Crippen LogP contribution is 2.26. The maximum Gasteiger partial charge on any atom is 0.315 e. The number of nitrogens with one attached hydrogen (secondary N) is 2. The third-order valence-corrected chi connectivity index (χ3v) is 4.80. The van der Waals surface area contributed by atoms with Crippen LogP contribution in [0.4, 0.5) is 4.79 Å². The van der Waals surface area contributed by atoms with Crippen LogP contribution in [-0.4, -0.2) is 56.4 Å². The van der Waals surface area contributed by atoms with Crippen LogP contribution < -0.4 is 10.6 Å². The van der Waals surface area contributed by atoms with E-state index in [4.69, 9.17) is 4.74 Å². The van der Waals surface area contributed by atoms with Crippen molar-refractivity contribution >= 4 is 6.03 Å². The Morgan fingerprint density at radius 1 is 1.19 bits per heavy atom. The van der Waals surface area contributed by atoms with Crippen molar-refractivity contribution in [3.05, 3.63) is 0 Å². The summed E-state index contributed by atoms with van der Waals surface area (Å²) in [6.07, 6.45) is 7.09. The van der Waals surface area contributed by atoms with Crippen molar-refractivity contribution in [1.82, 2.24) is 15.5 Å². The summed E-state index contributed by atoms with van der Waals surface area (Å²) in [7, 11) is 0. The van der Waals surface area contributed by atoms with Gasteiger partial charge in [0.1, 0.15) is 0 Å². The largest absolute Gasteiger partial charge is 0.379 e. The maximum absolute atomic E-state index is 11.9. The molecule has 1 saturated carbocycles. The highest BCUT2D eigenvalue weighted by molar-refractivity contribution is 5.74. The van der Waals surface area contributed by atoms with Crippen LogP contribution in [0.15, 0.2) is 0 Å². The summed E-state index contributed by atoms with van der Waals surface area (Å²) in [5.74, 6) is 0.875. The number of morpholine rings is 1. The molecule has 0 atom stereocenters. The Morgan fingerprint density at radius 3 is 2.57 bits per heavy atom. The van der Waals surface area contributed by atoms with Gasteiger partial charge in [-0.2, -0.15) is 0 Å². The van der Waals surface area contributed by atoms with E-state index in [1.54, 1.807) is 0 Å². The van der Waals surface area contributed by atoms with Crippen molar-refractivity contribution in [2.45, 2.75) is 51.5 Å². The Bertz CT molecular complexity index is 298. The first-order valence-corrected chi connectivity index (χ1v) is 8.62. The molecule has 1 aliphatic carbocycles. The van der Waals surface area contributed by atoms with E-state index >= 15 is 0 Å². The molecule has 122 valence electrons. The number of ether oxygens (including phenoxy) is 1. The lowest BCUT2D eigenvalue weighted by molar-refractivity contribution is 0.0375. The number of urea groups is 1. The maximum atomic E-state index is 11.9. The summed E-state index contributed by atoms with van der Waals surface area (Å²) in [5.41, 5.74) is 0. The Labute approximate surface area is 128 Å². The van der Waals surface area contributed by atoms with Crippen LogP contribution >= 0.6 is 0 Å². The van der Waals surface area contributed by atoms with Crippen LogP contribution in [0.25, 0.3) is 0 Å². The van der Waals surface area contributed by atoms with Gasteiger partial charge >= 0.3 is 6.03 Å². The first-order chi connectivity index (χ1) is 10.3. The number of hydrogen-bond donors (Lipinski definition) is 2. The molecule has 0 bridgehead atoms. The van der Waals surface area contributed by atoms with Gasteiger partial charge in [-0.15, -0.1) is 0 Å². The summed E-state index contributed by atoms with van der Waals surface area (Å²) in [4.78, 5) is 14.3. The van der Waals surface area contributed by atoms with Gasteiger partial charge < -0.3 is 15.4 Å². The summed E-state index contributed by atoms with van der Waals surface area (Å²) in [6.45, 7) is 7.79. The molecule has 0 aromatic rings. The second kappa shape index (κ2) is 9.26. The molecule has 5 nitrogen and oxygen atoms in total. The number of hydrogen-bond acceptors (Lipinski definition) is 3. The zero-order valence-electron chi connectivity index (χ0n) is 13.4. The fraction of sp³-hybridized carbons (Fsp3) is 0.938. The third kappa shape index (κ3) is 6.22. The predicted octanol–water partition coefficient (Wildman–Crippen LogP) is 1.98. The van der Waals surface area contributed by atoms with Gasteiger partial charge in [0.25, 0.3) is 0 Å². The van der Waals surface area contributed by atoms with Crippen LogP contribution in [-0.2, 0) is 4.74 Å². The fourth-order valence-corrected chi connectivity index (χ4v) is 3.28. The molecule has 2 rings (SSSR count). The molecule has 2 aliphatic rings. The molecule has 21 heavy (non-hydrogen) atoms. The van der Waals surface area contributed by atoms with E-state index in [0.717, 1.165) is 64.6 Å². The predicted molar refractivity (Wildman–Crippen MR) is 84.4 cm³/mol. The molecule has 2 N–H and O–H groups in total. The molecule has 0 unspecified atom stereocenters. The van der Waals surface area contributed by atoms with Crippen LogP contribution in [0.3, 0.4) is 0 Å². The summed E-state index contributed by atoms with van der Waals surface area (Å²) in [6, 6.07) is 0.393. The van der Waals surface area contributed by atoms with Crippen molar-refractivity contribution in [2.75, 3.05) is 39.4 Å². The average molecular weight is 297 g/mol. The van der Waals surface area contributed by atoms with Gasteiger partial charge in [-0.3, -0.25) is 4.90 Å². The first kappa shape index (κ1) is 16.6. The Morgan fingerprint density at radius 2 is 1.90 bits per heavy atom. The van der Waals surface area contributed by atoms with E-state index in [-0.39, 0.29) is 6.03 Å². The molecular formula is C16H31N3O2. The quantitative estimate of drug-likeness (QED) is 0.737. The smallest absolute Gasteiger partial charge is 0.315 e. The molecule has 5 heteroatoms. The lowest BCUT2D eigenvalue weighted by atomic mass is 9.85. The number of rotatable bonds is 6. The molecule has 2 amide bonds. The van der Waals surface area contributed by atoms with E-state index in [2.05, 4.69) is 22.5 Å². The van der Waals surface area contributed by atoms with E-state index < -0.39 is 0 Å². The third-order valence-electron chi connectivity index (χ3n) is 4.80. The first-order valence-electron chi connectivity index (χ1n) is 8.62. The zero-order chi connectivity index (χ0) is 14.9. The zero-order valence-corrected chi connectivity index (χ0v) is 13.4. The summed E-state index contributed by atoms with van der Waals surface area (Å²) in [5, 5.41) is 6.11. The van der Waals surface area contributed by atoms with E-state index in [1.807, 2.05) is 0 Å². The minimum atomic E-state index is 0.0110. The van der Waals surface area contributed by atoms with Crippen molar-refractivity contribution < 1.29 is 9.53 Å². The van der Waals surface area contributed by atoms with E-state index in [0.29, 0.717) is 6.04 Å². The normalized spacial score (nSPS) is 27.3. The lowest BCUT2D eigenvalue weighted by Gasteiger charge is -2.28. The minimum absolute atomic E-state index is 0.0110. The van der Waals surface area contributed by atoms with Gasteiger partial charge in [-0.1, -0.05) is 13.3 Å². The molecule has 0 radical (unpaired) electrons. The van der Waals surface area contributed by atoms with Crippen LogP contribution in [0.5, 0.6) is 0 Å². The van der Waals surface area contributed by atoms with Gasteiger partial charge in [-0.05, 0) is 44.6 Å². The number of nitrogens with zero attached hydrogens (tertiary/aromatic N) is 1. The van der Waals surface area contributed by atoms with Crippen LogP contribution in [0.1, 0.15) is 45.4 Å². The number of carbonyl (C=O) groups is 1. The SMILES string of the molecule is CCC1CCC(NC(=O)NCCCN2CCOCC2)CC1. The van der Waals surface area contributed by atoms with Crippen molar-refractivity contribution in [3.63, 3.8) is 0 Å². The lowest BCUT2D eigenvalue weighted by Crippen LogP contribution is -2.44. The monoisotopic (exact) mass is 297 g/mol. The highest BCUT2D eigenvalue weighted by atomic mass is 16.5. The second-order valence-electron chi connectivity index (χ2n) is 6.33. The number of amides is 2. The van der Waals surface area contributed by atoms with Crippen molar-refractivity contribution in [1.29, 1.82) is 0 Å². The topological polar surface area (TPSA) is 53.6 Å². The Balaban J connectivity index is 1.49. The molecule has 1 aliphatic heterocycles. The van der Waals surface area contributed by atoms with Crippen LogP contribution in [0.2, 0.25) is 0 Å². The Hall–Kier alpha value is -0.810. The van der Waals surface area contributed by atoms with E-state index in [1.165, 1.54) is 19.3 Å². The second-order valence-corrected chi connectivity index (χ2v) is 6.33. The van der Waals surface area contributed by atoms with Gasteiger partial charge in [0, 0.05) is 25.7 Å². The van der Waals surface area contributed by atoms with Gasteiger partial charge in [0.05, 0.1) is 13.2 Å². The highest BCUT2D eigenvalue weighted by Gasteiger charge is 2.21. The number of carbonyl (C=O) groups excluding carboxylic acids is 1. The van der Waals surface area contributed by atoms with Gasteiger partial charge in [-0.25, -0.2) is 4.79 Å². The molecule has 1 saturated heterocycles. The van der Waals surface area contributed by atoms with Gasteiger partial charge in [0.15, 0.2) is 0 Å². The standard InChI is InChI=1S/C16H31N3O2/c1-2-14-4-6-15(7-5-14)18-16(20)17-8-3-9-19-10-12-21-13-11-19/h14-15H,2-13H2,1H3,(H2,17,18,20). The Kier molecular flexibility index (Phi) is 7.30. The summed E-state index contributed by atoms with van der Waals surface area (Å²) >= 11 is 0. The molecule has 1 heterocycles. The summed E-state index contributed by atoms with van der Waals surface area (Å²) < 4.78 is 5.32. The fourth-order valence-electron chi connectivity index (χ4n) is 3.28. The molecule has 2 fully saturated rings. The van der Waals surface area contributed by atoms with Crippen LogP contribution in [0, 0.1) is 5.92 Å². The van der Waals surface area contributed by atoms with Gasteiger partial charge in [0.2, 0.25) is 0 Å².